The molecule has 1 N–H and O–H groups in total. The van der Waals surface area contributed by atoms with E-state index in [2.05, 4.69) is 10.4 Å². The van der Waals surface area contributed by atoms with Gasteiger partial charge in [-0.2, -0.15) is 5.10 Å². The molecular weight excluding hydrogens is 245 g/mol. The van der Waals surface area contributed by atoms with Crippen molar-refractivity contribution in [2.45, 2.75) is 19.9 Å². The van der Waals surface area contributed by atoms with Crippen LogP contribution in [0.25, 0.3) is 0 Å². The van der Waals surface area contributed by atoms with Crippen LogP contribution in [0.5, 0.6) is 0 Å². The number of benzene rings is 1. The lowest BCUT2D eigenvalue weighted by atomic mass is 10.2. The second kappa shape index (κ2) is 6.13. The first-order valence-corrected chi connectivity index (χ1v) is 6.19. The summed E-state index contributed by atoms with van der Waals surface area (Å²) in [6.45, 7) is 3.27. The number of rotatable bonds is 5. The maximum Gasteiger partial charge on any atom is 0.251 e. The summed E-state index contributed by atoms with van der Waals surface area (Å²) in [4.78, 5) is 11.7. The molecule has 0 aliphatic rings. The molecule has 0 aliphatic heterocycles. The fraction of sp³-hybridized carbons (Fsp3) is 0.286. The standard InChI is InChI=1S/C14H16FN3O/c1-11-6-8-17-18(11)9-3-7-16-14(19)12-4-2-5-13(15)10-12/h2,4-6,8,10H,3,7,9H2,1H3,(H,16,19). The Labute approximate surface area is 111 Å². The summed E-state index contributed by atoms with van der Waals surface area (Å²) < 4.78 is 14.8. The SMILES string of the molecule is Cc1ccnn1CCCNC(=O)c1cccc(F)c1. The molecule has 0 spiro atoms. The minimum absolute atomic E-state index is 0.253. The molecule has 1 aromatic heterocycles. The summed E-state index contributed by atoms with van der Waals surface area (Å²) in [5.41, 5.74) is 1.44. The number of aromatic nitrogens is 2. The van der Waals surface area contributed by atoms with Crippen molar-refractivity contribution in [3.05, 3.63) is 53.6 Å². The van der Waals surface area contributed by atoms with Crippen LogP contribution in [0.15, 0.2) is 36.5 Å². The summed E-state index contributed by atoms with van der Waals surface area (Å²) in [7, 11) is 0. The van der Waals surface area contributed by atoms with Gasteiger partial charge in [0, 0.05) is 30.5 Å². The van der Waals surface area contributed by atoms with Gasteiger partial charge in [0.25, 0.3) is 5.91 Å². The molecule has 4 nitrogen and oxygen atoms in total. The molecule has 0 saturated heterocycles. The van der Waals surface area contributed by atoms with Crippen LogP contribution in [0.2, 0.25) is 0 Å². The van der Waals surface area contributed by atoms with Crippen LogP contribution in [0.4, 0.5) is 4.39 Å². The molecule has 0 aliphatic carbocycles. The Balaban J connectivity index is 1.77. The third-order valence-corrected chi connectivity index (χ3v) is 2.85. The Morgan fingerprint density at radius 1 is 1.42 bits per heavy atom. The van der Waals surface area contributed by atoms with E-state index in [0.717, 1.165) is 18.7 Å². The lowest BCUT2D eigenvalue weighted by molar-refractivity contribution is 0.0952. The van der Waals surface area contributed by atoms with Crippen molar-refractivity contribution in [1.29, 1.82) is 0 Å². The zero-order valence-corrected chi connectivity index (χ0v) is 10.8. The predicted octanol–water partition coefficient (Wildman–Crippen LogP) is 2.15. The summed E-state index contributed by atoms with van der Waals surface area (Å²) in [5.74, 6) is -0.656. The van der Waals surface area contributed by atoms with Gasteiger partial charge in [-0.15, -0.1) is 0 Å². The Morgan fingerprint density at radius 2 is 2.26 bits per heavy atom. The Kier molecular flexibility index (Phi) is 4.28. The highest BCUT2D eigenvalue weighted by atomic mass is 19.1. The van der Waals surface area contributed by atoms with E-state index in [-0.39, 0.29) is 5.91 Å². The fourth-order valence-corrected chi connectivity index (χ4v) is 1.80. The lowest BCUT2D eigenvalue weighted by Gasteiger charge is -2.06. The molecule has 100 valence electrons. The molecule has 0 unspecified atom stereocenters. The van der Waals surface area contributed by atoms with Gasteiger partial charge < -0.3 is 5.32 Å². The number of carbonyl (C=O) groups excluding carboxylic acids is 1. The van der Waals surface area contributed by atoms with Crippen molar-refractivity contribution in [1.82, 2.24) is 15.1 Å². The maximum absolute atomic E-state index is 13.0. The number of aryl methyl sites for hydroxylation is 2. The zero-order valence-electron chi connectivity index (χ0n) is 10.8. The monoisotopic (exact) mass is 261 g/mol. The summed E-state index contributed by atoms with van der Waals surface area (Å²) in [6.07, 6.45) is 2.53. The van der Waals surface area contributed by atoms with Crippen molar-refractivity contribution in [3.8, 4) is 0 Å². The van der Waals surface area contributed by atoms with E-state index >= 15 is 0 Å². The molecule has 1 aromatic carbocycles. The predicted molar refractivity (Wildman–Crippen MR) is 70.3 cm³/mol. The van der Waals surface area contributed by atoms with E-state index in [1.807, 2.05) is 17.7 Å². The van der Waals surface area contributed by atoms with E-state index in [4.69, 9.17) is 0 Å². The number of nitrogens with one attached hydrogen (secondary N) is 1. The van der Waals surface area contributed by atoms with Crippen molar-refractivity contribution in [3.63, 3.8) is 0 Å². The molecule has 0 saturated carbocycles. The van der Waals surface area contributed by atoms with Crippen LogP contribution in [-0.4, -0.2) is 22.2 Å². The molecule has 5 heteroatoms. The van der Waals surface area contributed by atoms with Gasteiger partial charge in [-0.3, -0.25) is 9.48 Å². The molecular formula is C14H16FN3O. The lowest BCUT2D eigenvalue weighted by Crippen LogP contribution is -2.25. The van der Waals surface area contributed by atoms with Gasteiger partial charge >= 0.3 is 0 Å². The van der Waals surface area contributed by atoms with Crippen LogP contribution in [-0.2, 0) is 6.54 Å². The average molecular weight is 261 g/mol. The van der Waals surface area contributed by atoms with E-state index in [0.29, 0.717) is 12.1 Å². The first kappa shape index (κ1) is 13.3. The first-order valence-electron chi connectivity index (χ1n) is 6.19. The van der Waals surface area contributed by atoms with Gasteiger partial charge in [-0.1, -0.05) is 6.07 Å². The van der Waals surface area contributed by atoms with Crippen molar-refractivity contribution < 1.29 is 9.18 Å². The number of halogens is 1. The smallest absolute Gasteiger partial charge is 0.251 e. The van der Waals surface area contributed by atoms with Gasteiger partial charge in [0.15, 0.2) is 0 Å². The third-order valence-electron chi connectivity index (χ3n) is 2.85. The van der Waals surface area contributed by atoms with Crippen molar-refractivity contribution in [2.75, 3.05) is 6.54 Å². The van der Waals surface area contributed by atoms with E-state index in [1.165, 1.54) is 18.2 Å². The van der Waals surface area contributed by atoms with Crippen LogP contribution in [0, 0.1) is 12.7 Å². The largest absolute Gasteiger partial charge is 0.352 e. The van der Waals surface area contributed by atoms with Crippen LogP contribution in [0.1, 0.15) is 22.5 Å². The number of amides is 1. The van der Waals surface area contributed by atoms with E-state index in [9.17, 15) is 9.18 Å². The quantitative estimate of drug-likeness (QED) is 0.838. The Hall–Kier alpha value is -2.17. The molecule has 2 aromatic rings. The molecule has 0 radical (unpaired) electrons. The normalized spacial score (nSPS) is 10.4. The Bertz CT molecular complexity index is 565. The van der Waals surface area contributed by atoms with Crippen LogP contribution < -0.4 is 5.32 Å². The van der Waals surface area contributed by atoms with Gasteiger partial charge in [0.2, 0.25) is 0 Å². The highest BCUT2D eigenvalue weighted by molar-refractivity contribution is 5.94. The number of carbonyl (C=O) groups is 1. The minimum Gasteiger partial charge on any atom is -0.352 e. The molecule has 2 rings (SSSR count). The molecule has 0 fully saturated rings. The molecule has 0 bridgehead atoms. The number of hydrogen-bond acceptors (Lipinski definition) is 2. The summed E-state index contributed by atoms with van der Waals surface area (Å²) in [6, 6.07) is 7.60. The second-order valence-electron chi connectivity index (χ2n) is 4.32. The molecule has 1 amide bonds. The highest BCUT2D eigenvalue weighted by Gasteiger charge is 2.05. The summed E-state index contributed by atoms with van der Waals surface area (Å²) in [5, 5.41) is 6.92. The topological polar surface area (TPSA) is 46.9 Å². The maximum atomic E-state index is 13.0. The second-order valence-corrected chi connectivity index (χ2v) is 4.32. The Morgan fingerprint density at radius 3 is 2.95 bits per heavy atom. The molecule has 19 heavy (non-hydrogen) atoms. The van der Waals surface area contributed by atoms with Gasteiger partial charge in [0.1, 0.15) is 5.82 Å². The van der Waals surface area contributed by atoms with Crippen molar-refractivity contribution >= 4 is 5.91 Å². The molecule has 0 atom stereocenters. The van der Waals surface area contributed by atoms with Crippen LogP contribution >= 0.6 is 0 Å². The van der Waals surface area contributed by atoms with Gasteiger partial charge in [-0.05, 0) is 37.6 Å². The van der Waals surface area contributed by atoms with Crippen molar-refractivity contribution in [2.24, 2.45) is 0 Å². The molecule has 1 heterocycles. The highest BCUT2D eigenvalue weighted by Crippen LogP contribution is 2.03. The van der Waals surface area contributed by atoms with Gasteiger partial charge in [0.05, 0.1) is 0 Å². The minimum atomic E-state index is -0.403. The van der Waals surface area contributed by atoms with E-state index in [1.54, 1.807) is 12.3 Å². The van der Waals surface area contributed by atoms with Gasteiger partial charge in [-0.25, -0.2) is 4.39 Å². The first-order chi connectivity index (χ1) is 9.16. The van der Waals surface area contributed by atoms with Crippen LogP contribution in [0.3, 0.4) is 0 Å². The fourth-order valence-electron chi connectivity index (χ4n) is 1.80. The summed E-state index contributed by atoms with van der Waals surface area (Å²) >= 11 is 0. The third kappa shape index (κ3) is 3.64. The average Bonchev–Trinajstić information content (AvgIpc) is 2.80. The number of hydrogen-bond donors (Lipinski definition) is 1. The van der Waals surface area contributed by atoms with E-state index < -0.39 is 5.82 Å². The zero-order chi connectivity index (χ0) is 13.7. The number of nitrogens with zero attached hydrogens (tertiary/aromatic N) is 2.